The van der Waals surface area contributed by atoms with E-state index in [1.54, 1.807) is 6.07 Å². The lowest BCUT2D eigenvalue weighted by atomic mass is 10.1. The van der Waals surface area contributed by atoms with Crippen LogP contribution in [-0.4, -0.2) is 19.1 Å². The molecule has 0 saturated carbocycles. The van der Waals surface area contributed by atoms with Crippen molar-refractivity contribution in [3.63, 3.8) is 0 Å². The molecule has 2 aromatic carbocycles. The number of para-hydroxylation sites is 1. The van der Waals surface area contributed by atoms with Gasteiger partial charge < -0.3 is 10.1 Å². The van der Waals surface area contributed by atoms with Crippen molar-refractivity contribution in [2.24, 2.45) is 0 Å². The molecule has 0 saturated heterocycles. The Balaban J connectivity index is 1.96. The largest absolute Gasteiger partial charge is 0.465 e. The van der Waals surface area contributed by atoms with E-state index in [-0.39, 0.29) is 12.0 Å². The van der Waals surface area contributed by atoms with Crippen LogP contribution in [0.2, 0.25) is 0 Å². The molecule has 0 bridgehead atoms. The number of benzene rings is 2. The molecule has 0 amide bonds. The Labute approximate surface area is 126 Å². The molecule has 0 aromatic heterocycles. The topological polar surface area (TPSA) is 38.3 Å². The molecule has 3 heteroatoms. The van der Waals surface area contributed by atoms with Crippen LogP contribution in [0.5, 0.6) is 0 Å². The van der Waals surface area contributed by atoms with E-state index in [0.29, 0.717) is 5.56 Å². The lowest BCUT2D eigenvalue weighted by Crippen LogP contribution is -2.18. The van der Waals surface area contributed by atoms with Gasteiger partial charge in [-0.15, -0.1) is 0 Å². The molecule has 0 aliphatic carbocycles. The first kappa shape index (κ1) is 15.1. The summed E-state index contributed by atoms with van der Waals surface area (Å²) in [6.45, 7) is 2.12. The highest BCUT2D eigenvalue weighted by molar-refractivity contribution is 5.95. The van der Waals surface area contributed by atoms with Crippen molar-refractivity contribution in [3.8, 4) is 0 Å². The van der Waals surface area contributed by atoms with Gasteiger partial charge in [0.15, 0.2) is 0 Å². The molecule has 0 aliphatic heterocycles. The predicted octanol–water partition coefficient (Wildman–Crippen LogP) is 3.91. The van der Waals surface area contributed by atoms with Gasteiger partial charge in [-0.1, -0.05) is 42.5 Å². The molecule has 3 nitrogen and oxygen atoms in total. The number of methoxy groups -OCH3 is 1. The number of carbonyl (C=O) groups is 1. The molecule has 0 fully saturated rings. The minimum Gasteiger partial charge on any atom is -0.465 e. The van der Waals surface area contributed by atoms with Crippen LogP contribution in [0, 0.1) is 0 Å². The predicted molar refractivity (Wildman–Crippen MR) is 85.6 cm³/mol. The molecule has 0 spiro atoms. The average Bonchev–Trinajstić information content (AvgIpc) is 2.54. The van der Waals surface area contributed by atoms with Gasteiger partial charge in [0.1, 0.15) is 0 Å². The first-order valence-electron chi connectivity index (χ1n) is 7.18. The second-order valence-electron chi connectivity index (χ2n) is 5.11. The maximum atomic E-state index is 11.7. The first-order chi connectivity index (χ1) is 10.2. The Morgan fingerprint density at radius 3 is 2.48 bits per heavy atom. The van der Waals surface area contributed by atoms with Gasteiger partial charge in [0.05, 0.1) is 12.7 Å². The second kappa shape index (κ2) is 7.48. The molecule has 0 radical (unpaired) electrons. The van der Waals surface area contributed by atoms with Crippen LogP contribution >= 0.6 is 0 Å². The van der Waals surface area contributed by atoms with E-state index in [4.69, 9.17) is 4.74 Å². The molecule has 0 aliphatic rings. The van der Waals surface area contributed by atoms with Gasteiger partial charge >= 0.3 is 5.97 Å². The van der Waals surface area contributed by atoms with Gasteiger partial charge in [0.2, 0.25) is 0 Å². The number of hydrogen-bond acceptors (Lipinski definition) is 3. The Morgan fingerprint density at radius 2 is 1.76 bits per heavy atom. The first-order valence-corrected chi connectivity index (χ1v) is 7.18. The smallest absolute Gasteiger partial charge is 0.339 e. The van der Waals surface area contributed by atoms with Crippen molar-refractivity contribution in [2.75, 3.05) is 12.4 Å². The number of hydrogen-bond donors (Lipinski definition) is 1. The summed E-state index contributed by atoms with van der Waals surface area (Å²) in [5.74, 6) is -0.312. The standard InChI is InChI=1S/C18H21NO2/c1-14(12-13-15-8-4-3-5-9-15)19-17-11-7-6-10-16(17)18(20)21-2/h3-11,14,19H,12-13H2,1-2H3. The molecule has 0 heterocycles. The fraction of sp³-hybridized carbons (Fsp3) is 0.278. The van der Waals surface area contributed by atoms with Gasteiger partial charge in [-0.3, -0.25) is 0 Å². The third kappa shape index (κ3) is 4.35. The highest BCUT2D eigenvalue weighted by Crippen LogP contribution is 2.18. The molecule has 1 atom stereocenters. The van der Waals surface area contributed by atoms with E-state index >= 15 is 0 Å². The van der Waals surface area contributed by atoms with Crippen LogP contribution in [0.15, 0.2) is 54.6 Å². The zero-order valence-corrected chi connectivity index (χ0v) is 12.5. The van der Waals surface area contributed by atoms with Crippen LogP contribution < -0.4 is 5.32 Å². The van der Waals surface area contributed by atoms with Gasteiger partial charge in [0.25, 0.3) is 0 Å². The summed E-state index contributed by atoms with van der Waals surface area (Å²) in [5.41, 5.74) is 2.73. The highest BCUT2D eigenvalue weighted by atomic mass is 16.5. The van der Waals surface area contributed by atoms with Crippen molar-refractivity contribution in [3.05, 3.63) is 65.7 Å². The molecule has 2 aromatic rings. The lowest BCUT2D eigenvalue weighted by Gasteiger charge is -2.17. The number of carbonyl (C=O) groups excluding carboxylic acids is 1. The molecular formula is C18H21NO2. The number of anilines is 1. The minimum atomic E-state index is -0.312. The van der Waals surface area contributed by atoms with Crippen molar-refractivity contribution >= 4 is 11.7 Å². The van der Waals surface area contributed by atoms with Crippen molar-refractivity contribution < 1.29 is 9.53 Å². The van der Waals surface area contributed by atoms with E-state index < -0.39 is 0 Å². The highest BCUT2D eigenvalue weighted by Gasteiger charge is 2.12. The summed E-state index contributed by atoms with van der Waals surface area (Å²) in [5, 5.41) is 3.40. The lowest BCUT2D eigenvalue weighted by molar-refractivity contribution is 0.0602. The molecule has 21 heavy (non-hydrogen) atoms. The summed E-state index contributed by atoms with van der Waals surface area (Å²) in [4.78, 5) is 11.7. The van der Waals surface area contributed by atoms with Crippen LogP contribution in [0.1, 0.15) is 29.3 Å². The summed E-state index contributed by atoms with van der Waals surface area (Å²) >= 11 is 0. The van der Waals surface area contributed by atoms with Crippen LogP contribution in [0.3, 0.4) is 0 Å². The van der Waals surface area contributed by atoms with E-state index in [0.717, 1.165) is 18.5 Å². The van der Waals surface area contributed by atoms with Crippen molar-refractivity contribution in [2.45, 2.75) is 25.8 Å². The number of nitrogens with one attached hydrogen (secondary N) is 1. The normalized spacial score (nSPS) is 11.7. The van der Waals surface area contributed by atoms with Crippen molar-refractivity contribution in [1.82, 2.24) is 0 Å². The zero-order chi connectivity index (χ0) is 15.1. The Morgan fingerprint density at radius 1 is 1.10 bits per heavy atom. The van der Waals surface area contributed by atoms with Gasteiger partial charge in [-0.2, -0.15) is 0 Å². The summed E-state index contributed by atoms with van der Waals surface area (Å²) in [6.07, 6.45) is 2.01. The third-order valence-corrected chi connectivity index (χ3v) is 3.44. The fourth-order valence-electron chi connectivity index (χ4n) is 2.26. The Bertz CT molecular complexity index is 581. The molecule has 2 rings (SSSR count). The summed E-state index contributed by atoms with van der Waals surface area (Å²) < 4.78 is 4.81. The average molecular weight is 283 g/mol. The molecule has 110 valence electrons. The maximum absolute atomic E-state index is 11.7. The van der Waals surface area contributed by atoms with Crippen LogP contribution in [0.25, 0.3) is 0 Å². The second-order valence-corrected chi connectivity index (χ2v) is 5.11. The van der Waals surface area contributed by atoms with Crippen molar-refractivity contribution in [1.29, 1.82) is 0 Å². The van der Waals surface area contributed by atoms with Gasteiger partial charge in [-0.05, 0) is 37.5 Å². The molecule has 1 N–H and O–H groups in total. The van der Waals surface area contributed by atoms with E-state index in [1.165, 1.54) is 12.7 Å². The fourth-order valence-corrected chi connectivity index (χ4v) is 2.26. The summed E-state index contributed by atoms with van der Waals surface area (Å²) in [7, 11) is 1.40. The molecular weight excluding hydrogens is 262 g/mol. The summed E-state index contributed by atoms with van der Waals surface area (Å²) in [6, 6.07) is 18.1. The molecule has 1 unspecified atom stereocenters. The zero-order valence-electron chi connectivity index (χ0n) is 12.5. The quantitative estimate of drug-likeness (QED) is 0.817. The van der Waals surface area contributed by atoms with E-state index in [1.807, 2.05) is 24.3 Å². The SMILES string of the molecule is COC(=O)c1ccccc1NC(C)CCc1ccccc1. The maximum Gasteiger partial charge on any atom is 0.339 e. The number of rotatable bonds is 6. The van der Waals surface area contributed by atoms with Gasteiger partial charge in [0, 0.05) is 11.7 Å². The monoisotopic (exact) mass is 283 g/mol. The van der Waals surface area contributed by atoms with E-state index in [2.05, 4.69) is 36.5 Å². The minimum absolute atomic E-state index is 0.274. The Hall–Kier alpha value is -2.29. The van der Waals surface area contributed by atoms with E-state index in [9.17, 15) is 4.79 Å². The number of esters is 1. The third-order valence-electron chi connectivity index (χ3n) is 3.44. The Kier molecular flexibility index (Phi) is 5.38. The number of ether oxygens (including phenoxy) is 1. The number of aryl methyl sites for hydroxylation is 1. The van der Waals surface area contributed by atoms with Crippen LogP contribution in [0.4, 0.5) is 5.69 Å². The van der Waals surface area contributed by atoms with Crippen LogP contribution in [-0.2, 0) is 11.2 Å². The van der Waals surface area contributed by atoms with Gasteiger partial charge in [-0.25, -0.2) is 4.79 Å².